The summed E-state index contributed by atoms with van der Waals surface area (Å²) in [6.07, 6.45) is 19.9. The van der Waals surface area contributed by atoms with Crippen molar-refractivity contribution < 1.29 is 17.9 Å². The minimum atomic E-state index is -0.743. The van der Waals surface area contributed by atoms with Crippen LogP contribution in [0.5, 0.6) is 11.5 Å². The third-order valence-corrected chi connectivity index (χ3v) is 11.6. The summed E-state index contributed by atoms with van der Waals surface area (Å²) in [5.41, 5.74) is 1.17. The van der Waals surface area contributed by atoms with E-state index in [1.54, 1.807) is 0 Å². The topological polar surface area (TPSA) is 52.6 Å². The standard InChI is InChI=1S/C18H28O3S.C11H20OS/c1-3-4-5-6-7-8-11-22(19)15(2)12-16-9-10-17-18(13-16)21-14-20-17;12-13(11-8-4-5-9-11)10-6-2-1-3-7-10/h9-10,13,15H,3-8,11-12,14H2,1-2H3;10-11H,1-9H2. The monoisotopic (exact) mass is 524 g/mol. The molecule has 2 saturated carbocycles. The normalized spacial score (nSPS) is 20.7. The Labute approximate surface area is 219 Å². The van der Waals surface area contributed by atoms with Crippen LogP contribution in [-0.4, -0.2) is 36.7 Å². The number of unbranched alkanes of at least 4 members (excludes halogenated alkanes) is 5. The van der Waals surface area contributed by atoms with Crippen LogP contribution in [0.25, 0.3) is 0 Å². The molecule has 2 aliphatic carbocycles. The van der Waals surface area contributed by atoms with Crippen molar-refractivity contribution in [3.05, 3.63) is 23.8 Å². The van der Waals surface area contributed by atoms with Crippen molar-refractivity contribution in [3.8, 4) is 11.5 Å². The van der Waals surface area contributed by atoms with Crippen LogP contribution in [0, 0.1) is 0 Å². The molecular formula is C29H48O4S2. The smallest absolute Gasteiger partial charge is 0.231 e. The predicted molar refractivity (Wildman–Crippen MR) is 149 cm³/mol. The van der Waals surface area contributed by atoms with Crippen molar-refractivity contribution in [2.24, 2.45) is 0 Å². The fourth-order valence-electron chi connectivity index (χ4n) is 5.41. The van der Waals surface area contributed by atoms with E-state index in [1.165, 1.54) is 95.5 Å². The molecule has 3 aliphatic rings. The third kappa shape index (κ3) is 9.83. The van der Waals surface area contributed by atoms with Gasteiger partial charge in [0.15, 0.2) is 11.5 Å². The minimum Gasteiger partial charge on any atom is -0.454 e. The van der Waals surface area contributed by atoms with Crippen molar-refractivity contribution >= 4 is 21.6 Å². The van der Waals surface area contributed by atoms with E-state index in [9.17, 15) is 8.42 Å². The lowest BCUT2D eigenvalue weighted by Gasteiger charge is -2.23. The molecule has 6 heteroatoms. The van der Waals surface area contributed by atoms with Crippen LogP contribution < -0.4 is 9.47 Å². The van der Waals surface area contributed by atoms with E-state index in [-0.39, 0.29) is 5.25 Å². The highest BCUT2D eigenvalue weighted by atomic mass is 32.2. The van der Waals surface area contributed by atoms with Crippen LogP contribution in [0.4, 0.5) is 0 Å². The summed E-state index contributed by atoms with van der Waals surface area (Å²) in [6.45, 7) is 4.61. The highest BCUT2D eigenvalue weighted by molar-refractivity contribution is 7.86. The molecule has 1 aromatic carbocycles. The summed E-state index contributed by atoms with van der Waals surface area (Å²) in [5, 5.41) is 1.33. The Hall–Kier alpha value is -0.880. The Bertz CT molecular complexity index is 785. The molecule has 200 valence electrons. The summed E-state index contributed by atoms with van der Waals surface area (Å²) in [6, 6.07) is 6.01. The second-order valence-electron chi connectivity index (χ2n) is 10.6. The van der Waals surface area contributed by atoms with Gasteiger partial charge in [-0.1, -0.05) is 84.1 Å². The molecule has 1 aromatic rings. The number of hydrogen-bond donors (Lipinski definition) is 0. The fraction of sp³-hybridized carbons (Fsp3) is 0.793. The molecule has 1 heterocycles. The van der Waals surface area contributed by atoms with Gasteiger partial charge in [-0.3, -0.25) is 8.42 Å². The number of ether oxygens (including phenoxy) is 2. The maximum Gasteiger partial charge on any atom is 0.231 e. The van der Waals surface area contributed by atoms with E-state index in [0.717, 1.165) is 30.1 Å². The molecule has 3 unspecified atom stereocenters. The van der Waals surface area contributed by atoms with Gasteiger partial charge in [-0.2, -0.15) is 0 Å². The van der Waals surface area contributed by atoms with Crippen molar-refractivity contribution in [1.29, 1.82) is 0 Å². The molecule has 1 aliphatic heterocycles. The Morgan fingerprint density at radius 2 is 1.43 bits per heavy atom. The van der Waals surface area contributed by atoms with E-state index in [0.29, 0.717) is 17.3 Å². The second-order valence-corrected chi connectivity index (χ2v) is 14.5. The van der Waals surface area contributed by atoms with Crippen LogP contribution >= 0.6 is 0 Å². The number of hydrogen-bond acceptors (Lipinski definition) is 4. The molecule has 4 rings (SSSR count). The zero-order chi connectivity index (χ0) is 24.9. The SMILES string of the molecule is CCCCCCCCS(=O)C(C)Cc1ccc2c(c1)OCO2.O=S(C1CCCCC1)C1CCCC1. The molecule has 0 amide bonds. The van der Waals surface area contributed by atoms with Crippen LogP contribution in [0.1, 0.15) is 116 Å². The van der Waals surface area contributed by atoms with E-state index in [1.807, 2.05) is 18.2 Å². The van der Waals surface area contributed by atoms with Gasteiger partial charge >= 0.3 is 0 Å². The lowest BCUT2D eigenvalue weighted by molar-refractivity contribution is 0.174. The molecule has 0 radical (unpaired) electrons. The molecule has 0 spiro atoms. The van der Waals surface area contributed by atoms with E-state index >= 15 is 0 Å². The predicted octanol–water partition coefficient (Wildman–Crippen LogP) is 7.47. The molecule has 35 heavy (non-hydrogen) atoms. The van der Waals surface area contributed by atoms with Gasteiger partial charge in [-0.15, -0.1) is 0 Å². The van der Waals surface area contributed by atoms with Gasteiger partial charge in [0.2, 0.25) is 6.79 Å². The first-order chi connectivity index (χ1) is 17.1. The van der Waals surface area contributed by atoms with Crippen molar-refractivity contribution in [3.63, 3.8) is 0 Å². The third-order valence-electron chi connectivity index (χ3n) is 7.62. The first-order valence-electron chi connectivity index (χ1n) is 14.2. The highest BCUT2D eigenvalue weighted by Gasteiger charge is 2.28. The molecule has 0 N–H and O–H groups in total. The molecular weight excluding hydrogens is 476 g/mol. The lowest BCUT2D eigenvalue weighted by atomic mass is 10.0. The Morgan fingerprint density at radius 1 is 0.829 bits per heavy atom. The second kappa shape index (κ2) is 16.1. The summed E-state index contributed by atoms with van der Waals surface area (Å²) < 4.78 is 35.1. The van der Waals surface area contributed by atoms with Gasteiger partial charge in [-0.05, 0) is 56.2 Å². The first-order valence-corrected chi connectivity index (χ1v) is 16.9. The van der Waals surface area contributed by atoms with Crippen molar-refractivity contribution in [2.75, 3.05) is 12.5 Å². The highest BCUT2D eigenvalue weighted by Crippen LogP contribution is 2.33. The molecule has 0 bridgehead atoms. The Morgan fingerprint density at radius 3 is 2.11 bits per heavy atom. The van der Waals surface area contributed by atoms with Gasteiger partial charge in [0.25, 0.3) is 0 Å². The maximum absolute atomic E-state index is 12.3. The van der Waals surface area contributed by atoms with Crippen LogP contribution in [0.3, 0.4) is 0 Å². The van der Waals surface area contributed by atoms with E-state index in [2.05, 4.69) is 13.8 Å². The fourth-order valence-corrected chi connectivity index (χ4v) is 8.82. The van der Waals surface area contributed by atoms with Gasteiger partial charge in [0.05, 0.1) is 0 Å². The quantitative estimate of drug-likeness (QED) is 0.266. The summed E-state index contributed by atoms with van der Waals surface area (Å²) >= 11 is 0. The zero-order valence-corrected chi connectivity index (χ0v) is 23.8. The van der Waals surface area contributed by atoms with Gasteiger partial charge < -0.3 is 9.47 Å². The van der Waals surface area contributed by atoms with Gasteiger partial charge in [0.1, 0.15) is 0 Å². The Kier molecular flexibility index (Phi) is 13.2. The average Bonchev–Trinajstić information content (AvgIpc) is 3.59. The lowest BCUT2D eigenvalue weighted by Crippen LogP contribution is -2.26. The summed E-state index contributed by atoms with van der Waals surface area (Å²) in [7, 11) is -1.22. The van der Waals surface area contributed by atoms with Gasteiger partial charge in [0, 0.05) is 43.1 Å². The maximum atomic E-state index is 12.3. The minimum absolute atomic E-state index is 0.191. The van der Waals surface area contributed by atoms with Crippen LogP contribution in [0.15, 0.2) is 18.2 Å². The number of rotatable bonds is 12. The average molecular weight is 525 g/mol. The Balaban J connectivity index is 0.000000223. The number of fused-ring (bicyclic) bond motifs is 1. The largest absolute Gasteiger partial charge is 0.454 e. The van der Waals surface area contributed by atoms with Crippen molar-refractivity contribution in [1.82, 2.24) is 0 Å². The van der Waals surface area contributed by atoms with E-state index < -0.39 is 21.6 Å². The van der Waals surface area contributed by atoms with Crippen LogP contribution in [-0.2, 0) is 28.0 Å². The van der Waals surface area contributed by atoms with Crippen LogP contribution in [0.2, 0.25) is 0 Å². The molecule has 3 atom stereocenters. The summed E-state index contributed by atoms with van der Waals surface area (Å²) in [4.78, 5) is 0. The molecule has 4 nitrogen and oxygen atoms in total. The van der Waals surface area contributed by atoms with Crippen molar-refractivity contribution in [2.45, 2.75) is 132 Å². The molecule has 0 aromatic heterocycles. The first kappa shape index (κ1) is 28.7. The van der Waals surface area contributed by atoms with E-state index in [4.69, 9.17) is 9.47 Å². The number of benzene rings is 1. The molecule has 0 saturated heterocycles. The molecule has 2 fully saturated rings. The zero-order valence-electron chi connectivity index (χ0n) is 22.1. The van der Waals surface area contributed by atoms with Gasteiger partial charge in [-0.25, -0.2) is 0 Å². The summed E-state index contributed by atoms with van der Waals surface area (Å²) in [5.74, 6) is 2.45.